The van der Waals surface area contributed by atoms with Crippen molar-refractivity contribution in [2.45, 2.75) is 12.8 Å². The van der Waals surface area contributed by atoms with Crippen LogP contribution in [0.5, 0.6) is 0 Å². The van der Waals surface area contributed by atoms with E-state index in [4.69, 9.17) is 0 Å². The Labute approximate surface area is 143 Å². The highest BCUT2D eigenvalue weighted by molar-refractivity contribution is 5.66. The Morgan fingerprint density at radius 2 is 1.04 bits per heavy atom. The van der Waals surface area contributed by atoms with Gasteiger partial charge in [-0.2, -0.15) is 0 Å². The van der Waals surface area contributed by atoms with Crippen molar-refractivity contribution in [2.75, 3.05) is 0 Å². The van der Waals surface area contributed by atoms with Crippen molar-refractivity contribution >= 4 is 0 Å². The topological polar surface area (TPSA) is 25.8 Å². The first-order chi connectivity index (χ1) is 11.8. The molecule has 0 fully saturated rings. The van der Waals surface area contributed by atoms with Crippen molar-refractivity contribution in [3.63, 3.8) is 0 Å². The Kier molecular flexibility index (Phi) is 4.97. The normalized spacial score (nSPS) is 10.3. The number of pyridine rings is 2. The number of rotatable bonds is 6. The fourth-order valence-corrected chi connectivity index (χ4v) is 2.58. The molecule has 0 aliphatic carbocycles. The molecular formula is C22H20N2. The van der Waals surface area contributed by atoms with E-state index in [1.807, 2.05) is 24.5 Å². The molecule has 0 aliphatic heterocycles. The predicted octanol–water partition coefficient (Wildman–Crippen LogP) is 5.27. The SMILES string of the molecule is C=CCc1ccc(-c2ccc(-c3ccc(CC=C)cn3)cc2)nc1. The maximum atomic E-state index is 4.53. The first-order valence-electron chi connectivity index (χ1n) is 8.02. The Balaban J connectivity index is 1.79. The smallest absolute Gasteiger partial charge is 0.0702 e. The quantitative estimate of drug-likeness (QED) is 0.580. The molecule has 0 radical (unpaired) electrons. The van der Waals surface area contributed by atoms with Gasteiger partial charge in [0.25, 0.3) is 0 Å². The van der Waals surface area contributed by atoms with Crippen molar-refractivity contribution in [3.05, 3.63) is 97.4 Å². The fourth-order valence-electron chi connectivity index (χ4n) is 2.58. The van der Waals surface area contributed by atoms with Crippen molar-refractivity contribution in [3.8, 4) is 22.5 Å². The summed E-state index contributed by atoms with van der Waals surface area (Å²) >= 11 is 0. The molecule has 0 amide bonds. The lowest BCUT2D eigenvalue weighted by Gasteiger charge is -2.05. The third kappa shape index (κ3) is 3.66. The van der Waals surface area contributed by atoms with Crippen LogP contribution in [-0.2, 0) is 12.8 Å². The molecule has 2 nitrogen and oxygen atoms in total. The molecule has 1 aromatic carbocycles. The van der Waals surface area contributed by atoms with Crippen LogP contribution in [-0.4, -0.2) is 9.97 Å². The maximum absolute atomic E-state index is 4.53. The summed E-state index contributed by atoms with van der Waals surface area (Å²) in [5.74, 6) is 0. The molecule has 2 heteroatoms. The summed E-state index contributed by atoms with van der Waals surface area (Å²) in [5.41, 5.74) is 6.51. The Morgan fingerprint density at radius 3 is 1.33 bits per heavy atom. The van der Waals surface area contributed by atoms with E-state index in [9.17, 15) is 0 Å². The van der Waals surface area contributed by atoms with Gasteiger partial charge in [-0.05, 0) is 36.1 Å². The molecule has 118 valence electrons. The minimum absolute atomic E-state index is 0.847. The first kappa shape index (κ1) is 15.9. The van der Waals surface area contributed by atoms with Gasteiger partial charge in [-0.3, -0.25) is 9.97 Å². The number of benzene rings is 1. The van der Waals surface area contributed by atoms with Crippen LogP contribution in [0.15, 0.2) is 86.2 Å². The summed E-state index contributed by atoms with van der Waals surface area (Å²) < 4.78 is 0. The van der Waals surface area contributed by atoms with Crippen LogP contribution in [0.25, 0.3) is 22.5 Å². The van der Waals surface area contributed by atoms with Crippen molar-refractivity contribution in [1.82, 2.24) is 9.97 Å². The second-order valence-electron chi connectivity index (χ2n) is 5.67. The molecule has 0 aliphatic rings. The number of hydrogen-bond acceptors (Lipinski definition) is 2. The van der Waals surface area contributed by atoms with E-state index in [0.29, 0.717) is 0 Å². The molecular weight excluding hydrogens is 292 g/mol. The average Bonchev–Trinajstić information content (AvgIpc) is 2.64. The highest BCUT2D eigenvalue weighted by atomic mass is 14.7. The summed E-state index contributed by atoms with van der Waals surface area (Å²) in [4.78, 5) is 9.06. The van der Waals surface area contributed by atoms with Crippen LogP contribution in [0.3, 0.4) is 0 Å². The van der Waals surface area contributed by atoms with E-state index in [2.05, 4.69) is 71.7 Å². The van der Waals surface area contributed by atoms with Crippen LogP contribution < -0.4 is 0 Å². The predicted molar refractivity (Wildman–Crippen MR) is 101 cm³/mol. The van der Waals surface area contributed by atoms with Crippen LogP contribution in [0.1, 0.15) is 11.1 Å². The zero-order valence-corrected chi connectivity index (χ0v) is 13.7. The lowest BCUT2D eigenvalue weighted by Crippen LogP contribution is -1.89. The summed E-state index contributed by atoms with van der Waals surface area (Å²) in [7, 11) is 0. The molecule has 3 rings (SSSR count). The summed E-state index contributed by atoms with van der Waals surface area (Å²) in [5, 5.41) is 0. The monoisotopic (exact) mass is 312 g/mol. The summed E-state index contributed by atoms with van der Waals surface area (Å²) in [6, 6.07) is 16.6. The van der Waals surface area contributed by atoms with Gasteiger partial charge >= 0.3 is 0 Å². The van der Waals surface area contributed by atoms with Gasteiger partial charge in [-0.1, -0.05) is 48.6 Å². The third-order valence-corrected chi connectivity index (χ3v) is 3.89. The van der Waals surface area contributed by atoms with E-state index >= 15 is 0 Å². The van der Waals surface area contributed by atoms with E-state index in [1.54, 1.807) is 0 Å². The molecule has 2 aromatic heterocycles. The molecule has 0 N–H and O–H groups in total. The highest BCUT2D eigenvalue weighted by Gasteiger charge is 2.03. The minimum Gasteiger partial charge on any atom is -0.256 e. The Hall–Kier alpha value is -3.00. The van der Waals surface area contributed by atoms with Gasteiger partial charge < -0.3 is 0 Å². The van der Waals surface area contributed by atoms with Crippen LogP contribution >= 0.6 is 0 Å². The van der Waals surface area contributed by atoms with Crippen LogP contribution in [0.4, 0.5) is 0 Å². The third-order valence-electron chi connectivity index (χ3n) is 3.89. The Morgan fingerprint density at radius 1 is 0.625 bits per heavy atom. The van der Waals surface area contributed by atoms with Gasteiger partial charge in [0.1, 0.15) is 0 Å². The van der Waals surface area contributed by atoms with Gasteiger partial charge in [0, 0.05) is 23.5 Å². The minimum atomic E-state index is 0.847. The van der Waals surface area contributed by atoms with Crippen molar-refractivity contribution in [2.24, 2.45) is 0 Å². The molecule has 3 aromatic rings. The van der Waals surface area contributed by atoms with E-state index in [0.717, 1.165) is 35.4 Å². The number of allylic oxidation sites excluding steroid dienone is 2. The summed E-state index contributed by atoms with van der Waals surface area (Å²) in [6.45, 7) is 7.50. The molecule has 24 heavy (non-hydrogen) atoms. The van der Waals surface area contributed by atoms with Crippen LogP contribution in [0.2, 0.25) is 0 Å². The number of nitrogens with zero attached hydrogens (tertiary/aromatic N) is 2. The fraction of sp³-hybridized carbons (Fsp3) is 0.0909. The zero-order chi connectivity index (χ0) is 16.8. The number of aromatic nitrogens is 2. The summed E-state index contributed by atoms with van der Waals surface area (Å²) in [6.07, 6.45) is 9.28. The van der Waals surface area contributed by atoms with Gasteiger partial charge in [0.15, 0.2) is 0 Å². The molecule has 0 saturated heterocycles. The molecule has 2 heterocycles. The van der Waals surface area contributed by atoms with E-state index < -0.39 is 0 Å². The number of hydrogen-bond donors (Lipinski definition) is 0. The molecule has 0 atom stereocenters. The highest BCUT2D eigenvalue weighted by Crippen LogP contribution is 2.23. The zero-order valence-electron chi connectivity index (χ0n) is 13.7. The molecule has 0 bridgehead atoms. The average molecular weight is 312 g/mol. The largest absolute Gasteiger partial charge is 0.256 e. The molecule has 0 saturated carbocycles. The van der Waals surface area contributed by atoms with Gasteiger partial charge in [-0.15, -0.1) is 13.2 Å². The lowest BCUT2D eigenvalue weighted by atomic mass is 10.0. The lowest BCUT2D eigenvalue weighted by molar-refractivity contribution is 1.19. The van der Waals surface area contributed by atoms with Gasteiger partial charge in [0.2, 0.25) is 0 Å². The van der Waals surface area contributed by atoms with E-state index in [-0.39, 0.29) is 0 Å². The maximum Gasteiger partial charge on any atom is 0.0702 e. The van der Waals surface area contributed by atoms with Crippen LogP contribution in [0, 0.1) is 0 Å². The standard InChI is InChI=1S/C22H20N2/c1-3-5-17-7-13-21(23-15-17)19-9-11-20(12-10-19)22-14-8-18(6-4-2)16-24-22/h3-4,7-16H,1-2,5-6H2. The second kappa shape index (κ2) is 7.51. The molecule has 0 unspecified atom stereocenters. The van der Waals surface area contributed by atoms with Crippen molar-refractivity contribution < 1.29 is 0 Å². The van der Waals surface area contributed by atoms with Crippen molar-refractivity contribution in [1.29, 1.82) is 0 Å². The molecule has 0 spiro atoms. The second-order valence-corrected chi connectivity index (χ2v) is 5.67. The first-order valence-corrected chi connectivity index (χ1v) is 8.02. The van der Waals surface area contributed by atoms with E-state index in [1.165, 1.54) is 11.1 Å². The Bertz CT molecular complexity index is 741. The van der Waals surface area contributed by atoms with Gasteiger partial charge in [0.05, 0.1) is 11.4 Å². The van der Waals surface area contributed by atoms with Gasteiger partial charge in [-0.25, -0.2) is 0 Å².